The summed E-state index contributed by atoms with van der Waals surface area (Å²) in [4.78, 5) is 7.17. The first-order valence-corrected chi connectivity index (χ1v) is 5.83. The summed E-state index contributed by atoms with van der Waals surface area (Å²) in [6.07, 6.45) is 3.89. The number of nitrogens with zero attached hydrogens (tertiary/aromatic N) is 2. The minimum absolute atomic E-state index is 0.716. The zero-order valence-electron chi connectivity index (χ0n) is 9.16. The average molecular weight is 203 g/mol. The van der Waals surface area contributed by atoms with Crippen LogP contribution >= 0.6 is 0 Å². The number of hydrogen-bond acceptors (Lipinski definition) is 3. The zero-order chi connectivity index (χ0) is 10.3. The maximum Gasteiger partial charge on any atom is 0.152 e. The number of fused-ring (bicyclic) bond motifs is 3. The Balaban J connectivity index is 2.06. The van der Waals surface area contributed by atoms with Crippen molar-refractivity contribution in [2.24, 2.45) is 0 Å². The van der Waals surface area contributed by atoms with Crippen molar-refractivity contribution in [1.29, 1.82) is 0 Å². The van der Waals surface area contributed by atoms with E-state index in [0.29, 0.717) is 6.04 Å². The fraction of sp³-hybridized carbons (Fsp3) is 0.583. The highest BCUT2D eigenvalue weighted by molar-refractivity contribution is 5.67. The third-order valence-electron chi connectivity index (χ3n) is 3.46. The summed E-state index contributed by atoms with van der Waals surface area (Å²) in [5.74, 6) is 1.18. The number of hydrogen-bond donors (Lipinski definition) is 1. The molecule has 1 unspecified atom stereocenters. The molecule has 2 aliphatic rings. The second kappa shape index (κ2) is 3.40. The van der Waals surface area contributed by atoms with Crippen molar-refractivity contribution in [3.8, 4) is 0 Å². The van der Waals surface area contributed by atoms with Gasteiger partial charge in [-0.05, 0) is 38.3 Å². The van der Waals surface area contributed by atoms with E-state index in [2.05, 4.69) is 34.3 Å². The summed E-state index contributed by atoms with van der Waals surface area (Å²) < 4.78 is 0. The smallest absolute Gasteiger partial charge is 0.152 e. The van der Waals surface area contributed by atoms with E-state index >= 15 is 0 Å². The van der Waals surface area contributed by atoms with E-state index in [9.17, 15) is 0 Å². The largest absolute Gasteiger partial charge is 0.382 e. The van der Waals surface area contributed by atoms with Crippen molar-refractivity contribution in [1.82, 2.24) is 4.98 Å². The highest BCUT2D eigenvalue weighted by Crippen LogP contribution is 2.34. The van der Waals surface area contributed by atoms with Crippen LogP contribution in [0.3, 0.4) is 0 Å². The number of aromatic nitrogens is 1. The minimum atomic E-state index is 0.716. The van der Waals surface area contributed by atoms with Gasteiger partial charge in [-0.25, -0.2) is 4.98 Å². The lowest BCUT2D eigenvalue weighted by Crippen LogP contribution is -2.29. The Morgan fingerprint density at radius 1 is 1.40 bits per heavy atom. The van der Waals surface area contributed by atoms with Crippen LogP contribution in [-0.4, -0.2) is 24.1 Å². The molecule has 0 spiro atoms. The van der Waals surface area contributed by atoms with Gasteiger partial charge in [-0.15, -0.1) is 0 Å². The van der Waals surface area contributed by atoms with Crippen molar-refractivity contribution >= 4 is 11.5 Å². The van der Waals surface area contributed by atoms with Crippen molar-refractivity contribution in [3.05, 3.63) is 17.8 Å². The second-order valence-corrected chi connectivity index (χ2v) is 4.53. The molecular weight excluding hydrogens is 186 g/mol. The molecule has 3 nitrogen and oxygen atoms in total. The maximum absolute atomic E-state index is 4.68. The summed E-state index contributed by atoms with van der Waals surface area (Å²) in [7, 11) is 0. The van der Waals surface area contributed by atoms with Gasteiger partial charge >= 0.3 is 0 Å². The molecule has 0 radical (unpaired) electrons. The molecule has 1 aromatic rings. The zero-order valence-corrected chi connectivity index (χ0v) is 9.16. The fourth-order valence-corrected chi connectivity index (χ4v) is 2.69. The number of pyridine rings is 1. The van der Waals surface area contributed by atoms with Crippen LogP contribution < -0.4 is 10.2 Å². The van der Waals surface area contributed by atoms with Gasteiger partial charge in [-0.1, -0.05) is 0 Å². The molecule has 0 aliphatic carbocycles. The van der Waals surface area contributed by atoms with E-state index < -0.39 is 0 Å². The lowest BCUT2D eigenvalue weighted by Gasteiger charge is -2.24. The number of aryl methyl sites for hydroxylation is 1. The van der Waals surface area contributed by atoms with E-state index in [1.54, 1.807) is 0 Å². The van der Waals surface area contributed by atoms with Crippen molar-refractivity contribution in [2.75, 3.05) is 23.3 Å². The highest BCUT2D eigenvalue weighted by Gasteiger charge is 2.29. The molecule has 0 bridgehead atoms. The molecular formula is C12H17N3. The molecule has 1 N–H and O–H groups in total. The van der Waals surface area contributed by atoms with Crippen molar-refractivity contribution in [2.45, 2.75) is 32.2 Å². The monoisotopic (exact) mass is 203 g/mol. The Morgan fingerprint density at radius 2 is 2.33 bits per heavy atom. The van der Waals surface area contributed by atoms with E-state index in [1.165, 1.54) is 37.3 Å². The van der Waals surface area contributed by atoms with Crippen LogP contribution in [0.15, 0.2) is 12.1 Å². The van der Waals surface area contributed by atoms with E-state index in [4.69, 9.17) is 0 Å². The predicted molar refractivity (Wildman–Crippen MR) is 62.4 cm³/mol. The number of rotatable bonds is 0. The number of nitrogens with one attached hydrogen (secondary N) is 1. The van der Waals surface area contributed by atoms with Gasteiger partial charge in [0.25, 0.3) is 0 Å². The van der Waals surface area contributed by atoms with Crippen LogP contribution in [0.1, 0.15) is 25.0 Å². The van der Waals surface area contributed by atoms with Crippen LogP contribution in [0.4, 0.5) is 11.5 Å². The standard InChI is InChI=1S/C12H17N3/c1-9-4-5-11-12(14-9)15-8-2-3-10(15)6-7-13-11/h4-5,10,13H,2-3,6-8H2,1H3. The summed E-state index contributed by atoms with van der Waals surface area (Å²) >= 11 is 0. The maximum atomic E-state index is 4.68. The van der Waals surface area contributed by atoms with Crippen LogP contribution in [0, 0.1) is 6.92 Å². The molecule has 0 aromatic carbocycles. The predicted octanol–water partition coefficient (Wildman–Crippen LogP) is 2.17. The Kier molecular flexibility index (Phi) is 2.04. The molecule has 1 saturated heterocycles. The van der Waals surface area contributed by atoms with Crippen molar-refractivity contribution < 1.29 is 0 Å². The van der Waals surface area contributed by atoms with Gasteiger partial charge in [0, 0.05) is 24.8 Å². The summed E-state index contributed by atoms with van der Waals surface area (Å²) in [5.41, 5.74) is 2.33. The van der Waals surface area contributed by atoms with Gasteiger partial charge in [0.2, 0.25) is 0 Å². The van der Waals surface area contributed by atoms with Crippen LogP contribution in [-0.2, 0) is 0 Å². The molecule has 15 heavy (non-hydrogen) atoms. The Hall–Kier alpha value is -1.25. The van der Waals surface area contributed by atoms with Crippen LogP contribution in [0.5, 0.6) is 0 Å². The van der Waals surface area contributed by atoms with Crippen LogP contribution in [0.2, 0.25) is 0 Å². The average Bonchev–Trinajstić information content (AvgIpc) is 2.62. The molecule has 2 aliphatic heterocycles. The van der Waals surface area contributed by atoms with Crippen molar-refractivity contribution in [3.63, 3.8) is 0 Å². The lowest BCUT2D eigenvalue weighted by molar-refractivity contribution is 0.634. The quantitative estimate of drug-likeness (QED) is 0.700. The Morgan fingerprint density at radius 3 is 3.27 bits per heavy atom. The van der Waals surface area contributed by atoms with Crippen LogP contribution in [0.25, 0.3) is 0 Å². The summed E-state index contributed by atoms with van der Waals surface area (Å²) in [6, 6.07) is 4.97. The normalized spacial score (nSPS) is 24.1. The molecule has 1 fully saturated rings. The fourth-order valence-electron chi connectivity index (χ4n) is 2.69. The lowest BCUT2D eigenvalue weighted by atomic mass is 10.1. The first-order valence-electron chi connectivity index (χ1n) is 5.83. The van der Waals surface area contributed by atoms with Gasteiger partial charge in [-0.3, -0.25) is 0 Å². The van der Waals surface area contributed by atoms with Gasteiger partial charge in [0.05, 0.1) is 5.69 Å². The van der Waals surface area contributed by atoms with E-state index in [-0.39, 0.29) is 0 Å². The molecule has 0 amide bonds. The molecule has 1 aromatic heterocycles. The highest BCUT2D eigenvalue weighted by atomic mass is 15.3. The molecule has 3 rings (SSSR count). The minimum Gasteiger partial charge on any atom is -0.382 e. The third-order valence-corrected chi connectivity index (χ3v) is 3.46. The SMILES string of the molecule is Cc1ccc2c(n1)N1CCCC1CCN2. The summed E-state index contributed by atoms with van der Waals surface area (Å²) in [6.45, 7) is 4.32. The first kappa shape index (κ1) is 9.01. The summed E-state index contributed by atoms with van der Waals surface area (Å²) in [5, 5.41) is 3.48. The molecule has 3 heterocycles. The molecule has 80 valence electrons. The molecule has 0 saturated carbocycles. The second-order valence-electron chi connectivity index (χ2n) is 4.53. The van der Waals surface area contributed by atoms with Gasteiger partial charge < -0.3 is 10.2 Å². The van der Waals surface area contributed by atoms with Gasteiger partial charge in [0.1, 0.15) is 0 Å². The Labute approximate surface area is 90.5 Å². The van der Waals surface area contributed by atoms with Gasteiger partial charge in [0.15, 0.2) is 5.82 Å². The van der Waals surface area contributed by atoms with E-state index in [1.807, 2.05) is 0 Å². The Bertz CT molecular complexity index is 375. The van der Waals surface area contributed by atoms with E-state index in [0.717, 1.165) is 12.2 Å². The number of anilines is 2. The third kappa shape index (κ3) is 1.46. The van der Waals surface area contributed by atoms with Gasteiger partial charge in [-0.2, -0.15) is 0 Å². The first-order chi connectivity index (χ1) is 7.34. The topological polar surface area (TPSA) is 28.2 Å². The molecule has 1 atom stereocenters. The molecule has 3 heteroatoms.